The SMILES string of the molecule is NCC(O)CSc1ccc(Cl)s1. The molecule has 1 atom stereocenters. The number of rotatable bonds is 4. The van der Waals surface area contributed by atoms with Crippen molar-refractivity contribution in [1.82, 2.24) is 0 Å². The molecule has 0 radical (unpaired) electrons. The van der Waals surface area contributed by atoms with Gasteiger partial charge in [0.05, 0.1) is 14.6 Å². The van der Waals surface area contributed by atoms with Crippen LogP contribution in [0.1, 0.15) is 0 Å². The van der Waals surface area contributed by atoms with Crippen LogP contribution >= 0.6 is 34.7 Å². The highest BCUT2D eigenvalue weighted by Gasteiger charge is 2.03. The number of hydrogen-bond donors (Lipinski definition) is 2. The monoisotopic (exact) mass is 223 g/mol. The highest BCUT2D eigenvalue weighted by atomic mass is 35.5. The van der Waals surface area contributed by atoms with Crippen LogP contribution in [0.3, 0.4) is 0 Å². The molecule has 1 unspecified atom stereocenters. The lowest BCUT2D eigenvalue weighted by molar-refractivity contribution is 0.208. The zero-order valence-corrected chi connectivity index (χ0v) is 8.75. The van der Waals surface area contributed by atoms with E-state index < -0.39 is 6.10 Å². The Morgan fingerprint density at radius 3 is 2.92 bits per heavy atom. The van der Waals surface area contributed by atoms with E-state index in [1.54, 1.807) is 11.8 Å². The average Bonchev–Trinajstić information content (AvgIpc) is 2.47. The van der Waals surface area contributed by atoms with E-state index >= 15 is 0 Å². The third kappa shape index (κ3) is 3.33. The van der Waals surface area contributed by atoms with Crippen molar-refractivity contribution in [2.75, 3.05) is 12.3 Å². The molecule has 5 heteroatoms. The summed E-state index contributed by atoms with van der Waals surface area (Å²) in [5.74, 6) is 0.632. The van der Waals surface area contributed by atoms with Gasteiger partial charge in [0.25, 0.3) is 0 Å². The fourth-order valence-electron chi connectivity index (χ4n) is 0.622. The minimum atomic E-state index is -0.420. The maximum absolute atomic E-state index is 9.15. The molecule has 12 heavy (non-hydrogen) atoms. The molecule has 0 saturated heterocycles. The first kappa shape index (κ1) is 10.3. The molecule has 1 heterocycles. The predicted molar refractivity (Wildman–Crippen MR) is 55.1 cm³/mol. The highest BCUT2D eigenvalue weighted by Crippen LogP contribution is 2.30. The van der Waals surface area contributed by atoms with Gasteiger partial charge < -0.3 is 10.8 Å². The van der Waals surface area contributed by atoms with Crippen LogP contribution in [0.4, 0.5) is 0 Å². The van der Waals surface area contributed by atoms with Crippen LogP contribution in [0.5, 0.6) is 0 Å². The van der Waals surface area contributed by atoms with Crippen molar-refractivity contribution in [3.05, 3.63) is 16.5 Å². The second kappa shape index (κ2) is 5.09. The number of halogens is 1. The van der Waals surface area contributed by atoms with Crippen LogP contribution in [0, 0.1) is 0 Å². The molecule has 0 spiro atoms. The van der Waals surface area contributed by atoms with Crippen LogP contribution in [0.25, 0.3) is 0 Å². The van der Waals surface area contributed by atoms with Crippen molar-refractivity contribution in [2.24, 2.45) is 5.73 Å². The molecule has 1 rings (SSSR count). The molecule has 2 nitrogen and oxygen atoms in total. The quantitative estimate of drug-likeness (QED) is 0.766. The zero-order chi connectivity index (χ0) is 8.97. The molecule has 0 aliphatic carbocycles. The van der Waals surface area contributed by atoms with Crippen LogP contribution in [0.2, 0.25) is 4.34 Å². The molecule has 3 N–H and O–H groups in total. The van der Waals surface area contributed by atoms with Crippen LogP contribution in [0.15, 0.2) is 16.3 Å². The Morgan fingerprint density at radius 2 is 2.42 bits per heavy atom. The van der Waals surface area contributed by atoms with E-state index in [1.165, 1.54) is 11.3 Å². The second-order valence-electron chi connectivity index (χ2n) is 2.26. The van der Waals surface area contributed by atoms with Crippen molar-refractivity contribution < 1.29 is 5.11 Å². The number of thioether (sulfide) groups is 1. The predicted octanol–water partition coefficient (Wildman–Crippen LogP) is 1.81. The third-order valence-corrected chi connectivity index (χ3v) is 3.84. The minimum Gasteiger partial charge on any atom is -0.391 e. The molecule has 0 aliphatic rings. The molecule has 0 fully saturated rings. The molecule has 68 valence electrons. The van der Waals surface area contributed by atoms with E-state index in [2.05, 4.69) is 0 Å². The summed E-state index contributed by atoms with van der Waals surface area (Å²) in [6, 6.07) is 3.80. The van der Waals surface area contributed by atoms with Gasteiger partial charge in [0, 0.05) is 12.3 Å². The van der Waals surface area contributed by atoms with Gasteiger partial charge in [-0.2, -0.15) is 0 Å². The van der Waals surface area contributed by atoms with Gasteiger partial charge in [-0.1, -0.05) is 11.6 Å². The summed E-state index contributed by atoms with van der Waals surface area (Å²) >= 11 is 8.82. The van der Waals surface area contributed by atoms with Crippen LogP contribution < -0.4 is 5.73 Å². The summed E-state index contributed by atoms with van der Waals surface area (Å²) in [6.45, 7) is 0.312. The number of aliphatic hydroxyl groups excluding tert-OH is 1. The smallest absolute Gasteiger partial charge is 0.0940 e. The Labute approximate surface area is 84.7 Å². The van der Waals surface area contributed by atoms with Crippen molar-refractivity contribution in [1.29, 1.82) is 0 Å². The summed E-state index contributed by atoms with van der Waals surface area (Å²) in [5, 5.41) is 9.15. The van der Waals surface area contributed by atoms with Gasteiger partial charge in [0.2, 0.25) is 0 Å². The Morgan fingerprint density at radius 1 is 1.67 bits per heavy atom. The number of thiophene rings is 1. The summed E-state index contributed by atoms with van der Waals surface area (Å²) in [4.78, 5) is 0. The van der Waals surface area contributed by atoms with E-state index in [4.69, 9.17) is 22.4 Å². The van der Waals surface area contributed by atoms with Crippen molar-refractivity contribution >= 4 is 34.7 Å². The highest BCUT2D eigenvalue weighted by molar-refractivity contribution is 8.01. The Balaban J connectivity index is 2.33. The van der Waals surface area contributed by atoms with Crippen molar-refractivity contribution in [3.8, 4) is 0 Å². The number of hydrogen-bond acceptors (Lipinski definition) is 4. The average molecular weight is 224 g/mol. The number of nitrogens with two attached hydrogens (primary N) is 1. The Bertz CT molecular complexity index is 241. The first-order chi connectivity index (χ1) is 5.72. The van der Waals surface area contributed by atoms with Gasteiger partial charge in [-0.15, -0.1) is 23.1 Å². The largest absolute Gasteiger partial charge is 0.391 e. The van der Waals surface area contributed by atoms with E-state index in [-0.39, 0.29) is 0 Å². The standard InChI is InChI=1S/C7H10ClNOS2/c8-6-1-2-7(12-6)11-4-5(10)3-9/h1-2,5,10H,3-4,9H2. The second-order valence-corrected chi connectivity index (χ2v) is 5.29. The molecule has 0 amide bonds. The molecule has 0 saturated carbocycles. The van der Waals surface area contributed by atoms with Crippen LogP contribution in [-0.4, -0.2) is 23.5 Å². The summed E-state index contributed by atoms with van der Waals surface area (Å²) < 4.78 is 1.90. The normalized spacial score (nSPS) is 13.2. The first-order valence-electron chi connectivity index (χ1n) is 3.48. The molecular weight excluding hydrogens is 214 g/mol. The van der Waals surface area contributed by atoms with Gasteiger partial charge >= 0.3 is 0 Å². The fraction of sp³-hybridized carbons (Fsp3) is 0.429. The molecule has 0 aromatic carbocycles. The Hall–Kier alpha value is 0.260. The van der Waals surface area contributed by atoms with Crippen molar-refractivity contribution in [3.63, 3.8) is 0 Å². The van der Waals surface area contributed by atoms with E-state index in [0.717, 1.165) is 8.55 Å². The fourth-order valence-corrected chi connectivity index (χ4v) is 2.90. The summed E-state index contributed by atoms with van der Waals surface area (Å²) in [5.41, 5.74) is 5.26. The lowest BCUT2D eigenvalue weighted by Gasteiger charge is -2.04. The Kier molecular flexibility index (Phi) is 4.39. The molecule has 1 aromatic rings. The van der Waals surface area contributed by atoms with Gasteiger partial charge in [-0.25, -0.2) is 0 Å². The third-order valence-electron chi connectivity index (χ3n) is 1.24. The van der Waals surface area contributed by atoms with Gasteiger partial charge in [0.1, 0.15) is 0 Å². The lowest BCUT2D eigenvalue weighted by Crippen LogP contribution is -2.21. The maximum atomic E-state index is 9.15. The lowest BCUT2D eigenvalue weighted by atomic mass is 10.4. The molecule has 0 bridgehead atoms. The first-order valence-corrected chi connectivity index (χ1v) is 5.66. The minimum absolute atomic E-state index is 0.312. The molecule has 0 aliphatic heterocycles. The molecular formula is C7H10ClNOS2. The van der Waals surface area contributed by atoms with E-state index in [9.17, 15) is 0 Å². The number of aliphatic hydroxyl groups is 1. The zero-order valence-electron chi connectivity index (χ0n) is 6.37. The molecule has 1 aromatic heterocycles. The van der Waals surface area contributed by atoms with Gasteiger partial charge in [0.15, 0.2) is 0 Å². The van der Waals surface area contributed by atoms with Gasteiger partial charge in [-0.05, 0) is 12.1 Å². The summed E-state index contributed by atoms with van der Waals surface area (Å²) in [6.07, 6.45) is -0.420. The van der Waals surface area contributed by atoms with E-state index in [0.29, 0.717) is 12.3 Å². The van der Waals surface area contributed by atoms with Gasteiger partial charge in [-0.3, -0.25) is 0 Å². The van der Waals surface area contributed by atoms with Crippen molar-refractivity contribution in [2.45, 2.75) is 10.3 Å². The summed E-state index contributed by atoms with van der Waals surface area (Å²) in [7, 11) is 0. The van der Waals surface area contributed by atoms with Crippen LogP contribution in [-0.2, 0) is 0 Å². The topological polar surface area (TPSA) is 46.2 Å². The maximum Gasteiger partial charge on any atom is 0.0940 e. The van der Waals surface area contributed by atoms with E-state index in [1.807, 2.05) is 12.1 Å².